The van der Waals surface area contributed by atoms with E-state index in [1.54, 1.807) is 38.1 Å². The van der Waals surface area contributed by atoms with Crippen LogP contribution in [-0.4, -0.2) is 24.5 Å². The molecule has 0 aliphatic carbocycles. The lowest BCUT2D eigenvalue weighted by atomic mass is 10.1. The minimum Gasteiger partial charge on any atom is -0.460 e. The van der Waals surface area contributed by atoms with Crippen molar-refractivity contribution in [2.75, 3.05) is 6.61 Å². The second kappa shape index (κ2) is 7.70. The average Bonchev–Trinajstić information content (AvgIpc) is 2.35. The van der Waals surface area contributed by atoms with Crippen LogP contribution >= 0.6 is 11.6 Å². The van der Waals surface area contributed by atoms with Gasteiger partial charge in [-0.2, -0.15) is 0 Å². The van der Waals surface area contributed by atoms with Gasteiger partial charge < -0.3 is 10.1 Å². The molecule has 1 aromatic carbocycles. The normalized spacial score (nSPS) is 11.6. The Balaban J connectivity index is 2.45. The van der Waals surface area contributed by atoms with Crippen molar-refractivity contribution in [2.24, 2.45) is 0 Å². The van der Waals surface area contributed by atoms with E-state index in [1.165, 1.54) is 0 Å². The largest absolute Gasteiger partial charge is 0.460 e. The third-order valence-electron chi connectivity index (χ3n) is 2.45. The summed E-state index contributed by atoms with van der Waals surface area (Å²) >= 11 is 5.84. The van der Waals surface area contributed by atoms with E-state index in [1.807, 2.05) is 0 Å². The van der Waals surface area contributed by atoms with Crippen molar-refractivity contribution in [3.63, 3.8) is 0 Å². The number of benzene rings is 1. The van der Waals surface area contributed by atoms with Gasteiger partial charge >= 0.3 is 5.97 Å². The zero-order valence-corrected chi connectivity index (χ0v) is 12.4. The maximum Gasteiger partial charge on any atom is 0.328 e. The Kier molecular flexibility index (Phi) is 6.25. The van der Waals surface area contributed by atoms with Gasteiger partial charge in [-0.1, -0.05) is 30.3 Å². The molecule has 0 bridgehead atoms. The van der Waals surface area contributed by atoms with E-state index in [4.69, 9.17) is 16.3 Å². The monoisotopic (exact) mass is 295 g/mol. The van der Waals surface area contributed by atoms with Gasteiger partial charge in [0.15, 0.2) is 0 Å². The molecule has 0 spiro atoms. The van der Waals surface area contributed by atoms with Crippen molar-refractivity contribution in [3.05, 3.63) is 47.0 Å². The lowest BCUT2D eigenvalue weighted by Crippen LogP contribution is -2.40. The molecule has 0 saturated carbocycles. The molecule has 0 radical (unpaired) electrons. The van der Waals surface area contributed by atoms with Crippen molar-refractivity contribution < 1.29 is 14.3 Å². The number of amides is 1. The van der Waals surface area contributed by atoms with Crippen molar-refractivity contribution >= 4 is 23.5 Å². The first-order chi connectivity index (χ1) is 9.38. The van der Waals surface area contributed by atoms with Gasteiger partial charge in [0, 0.05) is 5.02 Å². The molecule has 0 fully saturated rings. The van der Waals surface area contributed by atoms with Crippen LogP contribution in [0.15, 0.2) is 36.4 Å². The van der Waals surface area contributed by atoms with E-state index in [-0.39, 0.29) is 18.9 Å². The third-order valence-corrected chi connectivity index (χ3v) is 2.68. The maximum absolute atomic E-state index is 11.8. The highest BCUT2D eigenvalue weighted by Gasteiger charge is 2.17. The van der Waals surface area contributed by atoms with E-state index in [9.17, 15) is 9.59 Å². The molecule has 0 aromatic heterocycles. The number of hydrogen-bond acceptors (Lipinski definition) is 3. The molecule has 1 atom stereocenters. The molecule has 0 heterocycles. The smallest absolute Gasteiger partial charge is 0.328 e. The number of halogens is 1. The summed E-state index contributed by atoms with van der Waals surface area (Å²) in [7, 11) is 0. The third kappa shape index (κ3) is 5.89. The summed E-state index contributed by atoms with van der Waals surface area (Å²) in [4.78, 5) is 23.4. The molecule has 1 amide bonds. The zero-order valence-electron chi connectivity index (χ0n) is 11.6. The van der Waals surface area contributed by atoms with Crippen LogP contribution in [0.3, 0.4) is 0 Å². The molecule has 1 N–H and O–H groups in total. The van der Waals surface area contributed by atoms with Gasteiger partial charge in [-0.05, 0) is 37.1 Å². The fourth-order valence-electron chi connectivity index (χ4n) is 1.50. The first kappa shape index (κ1) is 16.2. The number of ether oxygens (including phenoxy) is 1. The lowest BCUT2D eigenvalue weighted by Gasteiger charge is -2.13. The summed E-state index contributed by atoms with van der Waals surface area (Å²) in [6.07, 6.45) is 0.165. The highest BCUT2D eigenvalue weighted by molar-refractivity contribution is 6.30. The summed E-state index contributed by atoms with van der Waals surface area (Å²) in [5.74, 6) is -0.737. The van der Waals surface area contributed by atoms with Crippen LogP contribution in [0.4, 0.5) is 0 Å². The van der Waals surface area contributed by atoms with Gasteiger partial charge in [0.2, 0.25) is 5.91 Å². The first-order valence-electron chi connectivity index (χ1n) is 6.23. The highest BCUT2D eigenvalue weighted by Crippen LogP contribution is 2.11. The number of nitrogens with one attached hydrogen (secondary N) is 1. The molecule has 0 aliphatic heterocycles. The lowest BCUT2D eigenvalue weighted by molar-refractivity contribution is -0.146. The number of rotatable bonds is 6. The zero-order chi connectivity index (χ0) is 15.1. The average molecular weight is 296 g/mol. The van der Waals surface area contributed by atoms with Crippen molar-refractivity contribution in [1.82, 2.24) is 5.32 Å². The molecule has 1 rings (SSSR count). The number of hydrogen-bond donors (Lipinski definition) is 1. The molecule has 5 heteroatoms. The Bertz CT molecular complexity index is 514. The molecule has 108 valence electrons. The quantitative estimate of drug-likeness (QED) is 0.648. The van der Waals surface area contributed by atoms with E-state index in [2.05, 4.69) is 11.9 Å². The molecule has 0 saturated heterocycles. The van der Waals surface area contributed by atoms with Crippen LogP contribution in [-0.2, 0) is 20.7 Å². The predicted octanol–water partition coefficient (Wildman–Crippen LogP) is 2.51. The van der Waals surface area contributed by atoms with Gasteiger partial charge in [0.05, 0.1) is 6.42 Å². The molecule has 1 aromatic rings. The van der Waals surface area contributed by atoms with Crippen LogP contribution in [0.1, 0.15) is 19.4 Å². The van der Waals surface area contributed by atoms with Gasteiger partial charge in [-0.15, -0.1) is 0 Å². The van der Waals surface area contributed by atoms with Crippen LogP contribution in [0.25, 0.3) is 0 Å². The van der Waals surface area contributed by atoms with Crippen molar-refractivity contribution in [2.45, 2.75) is 26.3 Å². The van der Waals surface area contributed by atoms with E-state index >= 15 is 0 Å². The summed E-state index contributed by atoms with van der Waals surface area (Å²) in [6, 6.07) is 6.33. The van der Waals surface area contributed by atoms with Gasteiger partial charge in [0.1, 0.15) is 12.6 Å². The summed E-state index contributed by atoms with van der Waals surface area (Å²) < 4.78 is 4.96. The van der Waals surface area contributed by atoms with Gasteiger partial charge in [-0.3, -0.25) is 4.79 Å². The topological polar surface area (TPSA) is 55.4 Å². The van der Waals surface area contributed by atoms with Crippen molar-refractivity contribution in [3.8, 4) is 0 Å². The SMILES string of the molecule is C=C(C)COC(=O)[C@H](C)NC(=O)Cc1cccc(Cl)c1. The van der Waals surface area contributed by atoms with Gasteiger partial charge in [0.25, 0.3) is 0 Å². The van der Waals surface area contributed by atoms with E-state index in [0.29, 0.717) is 5.02 Å². The Morgan fingerprint density at radius 2 is 2.15 bits per heavy atom. The molecule has 20 heavy (non-hydrogen) atoms. The number of esters is 1. The summed E-state index contributed by atoms with van der Waals surface area (Å²) in [5.41, 5.74) is 1.54. The minimum atomic E-state index is -0.693. The minimum absolute atomic E-state index is 0.160. The summed E-state index contributed by atoms with van der Waals surface area (Å²) in [6.45, 7) is 7.13. The maximum atomic E-state index is 11.8. The highest BCUT2D eigenvalue weighted by atomic mass is 35.5. The van der Waals surface area contributed by atoms with E-state index in [0.717, 1.165) is 11.1 Å². The first-order valence-corrected chi connectivity index (χ1v) is 6.61. The Morgan fingerprint density at radius 1 is 1.45 bits per heavy atom. The number of carbonyl (C=O) groups excluding carboxylic acids is 2. The molecule has 0 unspecified atom stereocenters. The Labute approximate surface area is 123 Å². The molecular weight excluding hydrogens is 278 g/mol. The Morgan fingerprint density at radius 3 is 2.75 bits per heavy atom. The Hall–Kier alpha value is -1.81. The fraction of sp³-hybridized carbons (Fsp3) is 0.333. The standard InChI is InChI=1S/C15H18ClNO3/c1-10(2)9-20-15(19)11(3)17-14(18)8-12-5-4-6-13(16)7-12/h4-7,11H,1,8-9H2,2-3H3,(H,17,18)/t11-/m0/s1. The number of carbonyl (C=O) groups is 2. The molecule has 4 nitrogen and oxygen atoms in total. The summed E-state index contributed by atoms with van der Waals surface area (Å²) in [5, 5.41) is 3.16. The second-order valence-electron chi connectivity index (χ2n) is 4.66. The van der Waals surface area contributed by atoms with Crippen LogP contribution in [0.5, 0.6) is 0 Å². The van der Waals surface area contributed by atoms with Crippen LogP contribution in [0.2, 0.25) is 5.02 Å². The van der Waals surface area contributed by atoms with Crippen LogP contribution in [0, 0.1) is 0 Å². The predicted molar refractivity (Wildman–Crippen MR) is 78.5 cm³/mol. The second-order valence-corrected chi connectivity index (χ2v) is 5.10. The molecular formula is C15H18ClNO3. The van der Waals surface area contributed by atoms with E-state index < -0.39 is 12.0 Å². The molecule has 0 aliphatic rings. The fourth-order valence-corrected chi connectivity index (χ4v) is 1.72. The van der Waals surface area contributed by atoms with Crippen molar-refractivity contribution in [1.29, 1.82) is 0 Å². The van der Waals surface area contributed by atoms with Gasteiger partial charge in [-0.25, -0.2) is 4.79 Å². The van der Waals surface area contributed by atoms with Crippen LogP contribution < -0.4 is 5.32 Å².